The van der Waals surface area contributed by atoms with Crippen LogP contribution in [0.4, 0.5) is 0 Å². The Morgan fingerprint density at radius 2 is 2.12 bits per heavy atom. The van der Waals surface area contributed by atoms with Gasteiger partial charge in [0.25, 0.3) is 5.91 Å². The number of ether oxygens (including phenoxy) is 1. The second kappa shape index (κ2) is 6.68. The van der Waals surface area contributed by atoms with Crippen molar-refractivity contribution in [3.05, 3.63) is 29.8 Å². The minimum Gasteiger partial charge on any atom is -0.483 e. The van der Waals surface area contributed by atoms with Crippen molar-refractivity contribution >= 4 is 11.6 Å². The normalized spacial score (nSPS) is 11.1. The van der Waals surface area contributed by atoms with Gasteiger partial charge in [-0.15, -0.1) is 0 Å². The molecule has 0 radical (unpaired) electrons. The van der Waals surface area contributed by atoms with Crippen LogP contribution >= 0.6 is 0 Å². The minimum absolute atomic E-state index is 0.0225. The Hall–Kier alpha value is -1.84. The molecule has 0 atom stereocenters. The zero-order valence-electron chi connectivity index (χ0n) is 10.5. The van der Waals surface area contributed by atoms with Gasteiger partial charge in [0.2, 0.25) is 0 Å². The lowest BCUT2D eigenvalue weighted by atomic mass is 10.2. The first kappa shape index (κ1) is 13.2. The van der Waals surface area contributed by atoms with Crippen LogP contribution in [0.2, 0.25) is 0 Å². The number of para-hydroxylation sites is 1. The summed E-state index contributed by atoms with van der Waals surface area (Å²) in [6.45, 7) is 5.76. The van der Waals surface area contributed by atoms with Crippen LogP contribution < -0.4 is 10.2 Å². The molecule has 0 saturated heterocycles. The Kier molecular flexibility index (Phi) is 5.20. The van der Waals surface area contributed by atoms with Gasteiger partial charge in [-0.1, -0.05) is 25.1 Å². The number of hydrogen-bond donors (Lipinski definition) is 1. The van der Waals surface area contributed by atoms with Gasteiger partial charge in [0, 0.05) is 5.71 Å². The van der Waals surface area contributed by atoms with Gasteiger partial charge < -0.3 is 4.74 Å². The molecule has 0 aliphatic heterocycles. The molecule has 0 fully saturated rings. The highest BCUT2D eigenvalue weighted by molar-refractivity contribution is 5.84. The predicted octanol–water partition coefficient (Wildman–Crippen LogP) is 2.28. The zero-order chi connectivity index (χ0) is 12.7. The molecule has 17 heavy (non-hydrogen) atoms. The number of carbonyl (C=O) groups excluding carboxylic acids is 1. The lowest BCUT2D eigenvalue weighted by Crippen LogP contribution is -2.25. The Morgan fingerprint density at radius 1 is 1.41 bits per heavy atom. The number of aryl methyl sites for hydroxylation is 1. The maximum Gasteiger partial charge on any atom is 0.277 e. The van der Waals surface area contributed by atoms with Crippen LogP contribution in [0.3, 0.4) is 0 Å². The largest absolute Gasteiger partial charge is 0.483 e. The van der Waals surface area contributed by atoms with Crippen LogP contribution in [0.15, 0.2) is 29.4 Å². The molecule has 0 aliphatic carbocycles. The third kappa shape index (κ3) is 4.68. The summed E-state index contributed by atoms with van der Waals surface area (Å²) in [6.07, 6.45) is 0.818. The number of benzene rings is 1. The lowest BCUT2D eigenvalue weighted by Gasteiger charge is -2.07. The first-order valence-corrected chi connectivity index (χ1v) is 5.64. The van der Waals surface area contributed by atoms with Crippen molar-refractivity contribution in [1.29, 1.82) is 0 Å². The first-order chi connectivity index (χ1) is 8.13. The molecule has 0 aromatic heterocycles. The van der Waals surface area contributed by atoms with Crippen LogP contribution in [0.5, 0.6) is 5.75 Å². The van der Waals surface area contributed by atoms with E-state index in [0.717, 1.165) is 23.4 Å². The summed E-state index contributed by atoms with van der Waals surface area (Å²) in [5.74, 6) is 0.472. The molecular formula is C13H18N2O2. The van der Waals surface area contributed by atoms with Gasteiger partial charge in [-0.25, -0.2) is 5.43 Å². The number of hydrazone groups is 1. The Balaban J connectivity index is 2.41. The van der Waals surface area contributed by atoms with E-state index in [4.69, 9.17) is 4.74 Å². The predicted molar refractivity (Wildman–Crippen MR) is 68.2 cm³/mol. The number of carbonyl (C=O) groups is 1. The standard InChI is InChI=1S/C13H18N2O2/c1-4-11(3)14-15-13(16)9-17-12-8-6-5-7-10(12)2/h5-8H,4,9H2,1-3H3,(H,15,16)/b14-11-. The zero-order valence-corrected chi connectivity index (χ0v) is 10.5. The van der Waals surface area contributed by atoms with Crippen molar-refractivity contribution in [3.8, 4) is 5.75 Å². The number of rotatable bonds is 5. The van der Waals surface area contributed by atoms with Gasteiger partial charge in [0.1, 0.15) is 5.75 Å². The fraction of sp³-hybridized carbons (Fsp3) is 0.385. The molecule has 1 aromatic carbocycles. The van der Waals surface area contributed by atoms with Crippen molar-refractivity contribution in [2.24, 2.45) is 5.10 Å². The molecule has 0 bridgehead atoms. The molecule has 1 N–H and O–H groups in total. The summed E-state index contributed by atoms with van der Waals surface area (Å²) in [7, 11) is 0. The highest BCUT2D eigenvalue weighted by atomic mass is 16.5. The second-order valence-electron chi connectivity index (χ2n) is 3.79. The van der Waals surface area contributed by atoms with E-state index in [1.54, 1.807) is 0 Å². The van der Waals surface area contributed by atoms with E-state index in [0.29, 0.717) is 0 Å². The average molecular weight is 234 g/mol. The number of nitrogens with zero attached hydrogens (tertiary/aromatic N) is 1. The van der Waals surface area contributed by atoms with E-state index in [-0.39, 0.29) is 12.5 Å². The third-order valence-electron chi connectivity index (χ3n) is 2.34. The number of nitrogens with one attached hydrogen (secondary N) is 1. The summed E-state index contributed by atoms with van der Waals surface area (Å²) in [6, 6.07) is 7.58. The smallest absolute Gasteiger partial charge is 0.277 e. The van der Waals surface area contributed by atoms with E-state index in [1.165, 1.54) is 0 Å². The number of hydrogen-bond acceptors (Lipinski definition) is 3. The summed E-state index contributed by atoms with van der Waals surface area (Å²) < 4.78 is 5.38. The molecule has 1 aromatic rings. The van der Waals surface area contributed by atoms with Crippen molar-refractivity contribution in [2.45, 2.75) is 27.2 Å². The first-order valence-electron chi connectivity index (χ1n) is 5.64. The van der Waals surface area contributed by atoms with Crippen LogP contribution in [0.25, 0.3) is 0 Å². The van der Waals surface area contributed by atoms with Crippen LogP contribution in [0.1, 0.15) is 25.8 Å². The van der Waals surface area contributed by atoms with E-state index in [2.05, 4.69) is 10.5 Å². The van der Waals surface area contributed by atoms with E-state index < -0.39 is 0 Å². The van der Waals surface area contributed by atoms with E-state index >= 15 is 0 Å². The monoisotopic (exact) mass is 234 g/mol. The van der Waals surface area contributed by atoms with Gasteiger partial charge in [-0.05, 0) is 31.9 Å². The molecular weight excluding hydrogens is 216 g/mol. The SMILES string of the molecule is CC/C(C)=N\NC(=O)COc1ccccc1C. The van der Waals surface area contributed by atoms with Gasteiger partial charge in [-0.3, -0.25) is 4.79 Å². The number of amides is 1. The maximum absolute atomic E-state index is 11.4. The van der Waals surface area contributed by atoms with Gasteiger partial charge in [0.05, 0.1) is 0 Å². The molecule has 4 heteroatoms. The molecule has 0 unspecified atom stereocenters. The molecule has 0 saturated carbocycles. The fourth-order valence-corrected chi connectivity index (χ4v) is 1.13. The molecule has 0 aliphatic rings. The summed E-state index contributed by atoms with van der Waals surface area (Å²) in [5, 5.41) is 3.91. The molecule has 92 valence electrons. The van der Waals surface area contributed by atoms with Crippen LogP contribution in [-0.2, 0) is 4.79 Å². The quantitative estimate of drug-likeness (QED) is 0.627. The van der Waals surface area contributed by atoms with Gasteiger partial charge >= 0.3 is 0 Å². The topological polar surface area (TPSA) is 50.7 Å². The van der Waals surface area contributed by atoms with Crippen molar-refractivity contribution in [3.63, 3.8) is 0 Å². The van der Waals surface area contributed by atoms with Crippen LogP contribution in [0, 0.1) is 6.92 Å². The van der Waals surface area contributed by atoms with E-state index in [1.807, 2.05) is 45.0 Å². The van der Waals surface area contributed by atoms with Crippen molar-refractivity contribution in [2.75, 3.05) is 6.61 Å². The fourth-order valence-electron chi connectivity index (χ4n) is 1.13. The molecule has 4 nitrogen and oxygen atoms in total. The van der Waals surface area contributed by atoms with Crippen LogP contribution in [-0.4, -0.2) is 18.2 Å². The Labute approximate surface area is 102 Å². The summed E-state index contributed by atoms with van der Waals surface area (Å²) in [5.41, 5.74) is 4.34. The lowest BCUT2D eigenvalue weighted by molar-refractivity contribution is -0.123. The minimum atomic E-state index is -0.249. The molecule has 1 rings (SSSR count). The average Bonchev–Trinajstić information content (AvgIpc) is 2.35. The highest BCUT2D eigenvalue weighted by Gasteiger charge is 2.03. The van der Waals surface area contributed by atoms with Gasteiger partial charge in [0.15, 0.2) is 6.61 Å². The summed E-state index contributed by atoms with van der Waals surface area (Å²) >= 11 is 0. The second-order valence-corrected chi connectivity index (χ2v) is 3.79. The Bertz CT molecular complexity index is 414. The third-order valence-corrected chi connectivity index (χ3v) is 2.34. The van der Waals surface area contributed by atoms with Crippen molar-refractivity contribution in [1.82, 2.24) is 5.43 Å². The maximum atomic E-state index is 11.4. The molecule has 1 amide bonds. The van der Waals surface area contributed by atoms with Gasteiger partial charge in [-0.2, -0.15) is 5.10 Å². The summed E-state index contributed by atoms with van der Waals surface area (Å²) in [4.78, 5) is 11.4. The Morgan fingerprint density at radius 3 is 2.76 bits per heavy atom. The van der Waals surface area contributed by atoms with Crippen molar-refractivity contribution < 1.29 is 9.53 Å². The highest BCUT2D eigenvalue weighted by Crippen LogP contribution is 2.15. The van der Waals surface area contributed by atoms with E-state index in [9.17, 15) is 4.79 Å². The molecule has 0 heterocycles. The molecule has 0 spiro atoms.